The van der Waals surface area contributed by atoms with Gasteiger partial charge in [0.05, 0.1) is 11.8 Å². The lowest BCUT2D eigenvalue weighted by atomic mass is 9.54. The van der Waals surface area contributed by atoms with Gasteiger partial charge in [-0.1, -0.05) is 37.6 Å². The standard InChI is InChI=1S/C19H22ClN3O4/c1-4-27-15-10-19(17(25)26,18(15,2)3)21-16(24)14-9-13(22-23-14)11-5-7-12(20)8-6-11/h5-9,15H,4,10H2,1-3H3,(H,21,24)(H,22,23)(H,25,26). The number of ether oxygens (including phenoxy) is 1. The van der Waals surface area contributed by atoms with Gasteiger partial charge in [-0.05, 0) is 25.1 Å². The van der Waals surface area contributed by atoms with Crippen LogP contribution in [0.1, 0.15) is 37.7 Å². The van der Waals surface area contributed by atoms with E-state index in [2.05, 4.69) is 15.5 Å². The fourth-order valence-corrected chi connectivity index (χ4v) is 3.63. The van der Waals surface area contributed by atoms with E-state index in [0.29, 0.717) is 17.3 Å². The van der Waals surface area contributed by atoms with E-state index in [1.807, 2.05) is 6.92 Å². The van der Waals surface area contributed by atoms with Crippen LogP contribution >= 0.6 is 11.6 Å². The summed E-state index contributed by atoms with van der Waals surface area (Å²) < 4.78 is 5.61. The molecule has 3 N–H and O–H groups in total. The van der Waals surface area contributed by atoms with Gasteiger partial charge in [-0.3, -0.25) is 9.89 Å². The maximum Gasteiger partial charge on any atom is 0.330 e. The molecule has 1 aliphatic carbocycles. The Morgan fingerprint density at radius 2 is 2.04 bits per heavy atom. The number of benzene rings is 1. The molecular formula is C19H22ClN3O4. The zero-order chi connectivity index (χ0) is 19.8. The number of carbonyl (C=O) groups is 2. The molecule has 2 unspecified atom stereocenters. The molecule has 1 fully saturated rings. The molecule has 7 nitrogen and oxygen atoms in total. The molecule has 1 heterocycles. The highest BCUT2D eigenvalue weighted by atomic mass is 35.5. The smallest absolute Gasteiger partial charge is 0.330 e. The summed E-state index contributed by atoms with van der Waals surface area (Å²) in [4.78, 5) is 24.7. The number of halogens is 1. The predicted octanol–water partition coefficient (Wildman–Crippen LogP) is 3.12. The monoisotopic (exact) mass is 391 g/mol. The number of H-pyrrole nitrogens is 1. The number of aromatic nitrogens is 2. The maximum atomic E-state index is 12.7. The Kier molecular flexibility index (Phi) is 5.01. The van der Waals surface area contributed by atoms with Crippen LogP contribution in [0.15, 0.2) is 30.3 Å². The number of rotatable bonds is 6. The van der Waals surface area contributed by atoms with E-state index in [-0.39, 0.29) is 18.2 Å². The second-order valence-electron chi connectivity index (χ2n) is 7.21. The van der Waals surface area contributed by atoms with Gasteiger partial charge in [-0.2, -0.15) is 5.10 Å². The fraction of sp³-hybridized carbons (Fsp3) is 0.421. The van der Waals surface area contributed by atoms with Gasteiger partial charge in [0.15, 0.2) is 0 Å². The highest BCUT2D eigenvalue weighted by Crippen LogP contribution is 2.51. The highest BCUT2D eigenvalue weighted by Gasteiger charge is 2.66. The molecule has 144 valence electrons. The fourth-order valence-electron chi connectivity index (χ4n) is 3.50. The Hall–Kier alpha value is -2.38. The Balaban J connectivity index is 1.80. The summed E-state index contributed by atoms with van der Waals surface area (Å²) in [5.41, 5.74) is -0.584. The summed E-state index contributed by atoms with van der Waals surface area (Å²) >= 11 is 5.88. The average Bonchev–Trinajstić information content (AvgIpc) is 3.11. The number of aliphatic carboxylic acids is 1. The van der Waals surface area contributed by atoms with Crippen molar-refractivity contribution in [2.45, 2.75) is 38.8 Å². The normalized spacial score (nSPS) is 23.5. The van der Waals surface area contributed by atoms with Crippen LogP contribution in [0, 0.1) is 5.41 Å². The molecule has 1 amide bonds. The number of carboxylic acid groups (broad SMARTS) is 1. The second kappa shape index (κ2) is 6.98. The van der Waals surface area contributed by atoms with Crippen LogP contribution in [0.4, 0.5) is 0 Å². The third-order valence-corrected chi connectivity index (χ3v) is 5.67. The van der Waals surface area contributed by atoms with Gasteiger partial charge in [-0.15, -0.1) is 0 Å². The number of aromatic amines is 1. The summed E-state index contributed by atoms with van der Waals surface area (Å²) in [6.07, 6.45) is -0.0158. The topological polar surface area (TPSA) is 104 Å². The Morgan fingerprint density at radius 1 is 1.37 bits per heavy atom. The van der Waals surface area contributed by atoms with Gasteiger partial charge >= 0.3 is 5.97 Å². The van der Waals surface area contributed by atoms with Crippen molar-refractivity contribution in [3.8, 4) is 11.3 Å². The summed E-state index contributed by atoms with van der Waals surface area (Å²) in [6.45, 7) is 5.93. The zero-order valence-electron chi connectivity index (χ0n) is 15.4. The van der Waals surface area contributed by atoms with Crippen molar-refractivity contribution in [2.24, 2.45) is 5.41 Å². The van der Waals surface area contributed by atoms with Crippen LogP contribution in [0.25, 0.3) is 11.3 Å². The van der Waals surface area contributed by atoms with Gasteiger partial charge in [0.1, 0.15) is 11.2 Å². The number of amides is 1. The van der Waals surface area contributed by atoms with Crippen molar-refractivity contribution in [1.82, 2.24) is 15.5 Å². The molecule has 0 radical (unpaired) electrons. The number of nitrogens with one attached hydrogen (secondary N) is 2. The molecule has 0 bridgehead atoms. The average molecular weight is 392 g/mol. The van der Waals surface area contributed by atoms with E-state index in [4.69, 9.17) is 16.3 Å². The van der Waals surface area contributed by atoms with Gasteiger partial charge in [0.25, 0.3) is 5.91 Å². The van der Waals surface area contributed by atoms with E-state index in [0.717, 1.165) is 5.56 Å². The first-order chi connectivity index (χ1) is 12.7. The molecule has 1 aliphatic rings. The molecule has 1 saturated carbocycles. The van der Waals surface area contributed by atoms with Gasteiger partial charge in [0, 0.05) is 29.0 Å². The van der Waals surface area contributed by atoms with E-state index in [1.165, 1.54) is 0 Å². The van der Waals surface area contributed by atoms with Gasteiger partial charge < -0.3 is 15.2 Å². The molecule has 8 heteroatoms. The molecule has 0 aliphatic heterocycles. The summed E-state index contributed by atoms with van der Waals surface area (Å²) in [7, 11) is 0. The van der Waals surface area contributed by atoms with E-state index < -0.39 is 22.8 Å². The lowest BCUT2D eigenvalue weighted by molar-refractivity contribution is -0.190. The Morgan fingerprint density at radius 3 is 2.59 bits per heavy atom. The molecule has 0 saturated heterocycles. The minimum Gasteiger partial charge on any atom is -0.479 e. The summed E-state index contributed by atoms with van der Waals surface area (Å²) in [5.74, 6) is -1.60. The van der Waals surface area contributed by atoms with Crippen molar-refractivity contribution in [1.29, 1.82) is 0 Å². The Labute approximate surface area is 162 Å². The molecule has 27 heavy (non-hydrogen) atoms. The third kappa shape index (κ3) is 3.21. The lowest BCUT2D eigenvalue weighted by Gasteiger charge is -2.58. The quantitative estimate of drug-likeness (QED) is 0.701. The predicted molar refractivity (Wildman–Crippen MR) is 101 cm³/mol. The molecule has 1 aromatic heterocycles. The zero-order valence-corrected chi connectivity index (χ0v) is 16.1. The van der Waals surface area contributed by atoms with Crippen LogP contribution < -0.4 is 5.32 Å². The highest BCUT2D eigenvalue weighted by molar-refractivity contribution is 6.30. The van der Waals surface area contributed by atoms with E-state index in [9.17, 15) is 14.7 Å². The SMILES string of the molecule is CCOC1CC(NC(=O)c2cc(-c3ccc(Cl)cc3)n[nH]2)(C(=O)O)C1(C)C. The van der Waals surface area contributed by atoms with Crippen LogP contribution in [0.2, 0.25) is 5.02 Å². The van der Waals surface area contributed by atoms with E-state index in [1.54, 1.807) is 44.2 Å². The van der Waals surface area contributed by atoms with Crippen molar-refractivity contribution in [3.05, 3.63) is 41.0 Å². The molecule has 2 aromatic rings. The number of nitrogens with zero attached hydrogens (tertiary/aromatic N) is 1. The first-order valence-corrected chi connectivity index (χ1v) is 9.08. The van der Waals surface area contributed by atoms with Crippen molar-refractivity contribution in [3.63, 3.8) is 0 Å². The number of hydrogen-bond acceptors (Lipinski definition) is 4. The molecule has 1 aromatic carbocycles. The van der Waals surface area contributed by atoms with Crippen LogP contribution in [-0.2, 0) is 9.53 Å². The molecule has 0 spiro atoms. The van der Waals surface area contributed by atoms with Crippen molar-refractivity contribution < 1.29 is 19.4 Å². The lowest BCUT2D eigenvalue weighted by Crippen LogP contribution is -2.76. The van der Waals surface area contributed by atoms with E-state index >= 15 is 0 Å². The maximum absolute atomic E-state index is 12.7. The summed E-state index contributed by atoms with van der Waals surface area (Å²) in [5, 5.41) is 19.9. The molecule has 2 atom stereocenters. The minimum atomic E-state index is -1.39. The molecular weight excluding hydrogens is 370 g/mol. The number of hydrogen-bond donors (Lipinski definition) is 3. The van der Waals surface area contributed by atoms with Crippen molar-refractivity contribution >= 4 is 23.5 Å². The third-order valence-electron chi connectivity index (χ3n) is 5.42. The summed E-state index contributed by atoms with van der Waals surface area (Å²) in [6, 6.07) is 8.63. The number of carbonyl (C=O) groups excluding carboxylic acids is 1. The molecule has 3 rings (SSSR count). The minimum absolute atomic E-state index is 0.191. The van der Waals surface area contributed by atoms with Gasteiger partial charge in [-0.25, -0.2) is 4.79 Å². The van der Waals surface area contributed by atoms with Crippen LogP contribution in [-0.4, -0.2) is 45.4 Å². The van der Waals surface area contributed by atoms with Gasteiger partial charge in [0.2, 0.25) is 0 Å². The van der Waals surface area contributed by atoms with Crippen LogP contribution in [0.3, 0.4) is 0 Å². The first-order valence-electron chi connectivity index (χ1n) is 8.70. The van der Waals surface area contributed by atoms with Crippen molar-refractivity contribution in [2.75, 3.05) is 6.61 Å². The first kappa shape index (κ1) is 19.4. The largest absolute Gasteiger partial charge is 0.479 e. The second-order valence-corrected chi connectivity index (χ2v) is 7.64. The Bertz CT molecular complexity index is 862. The van der Waals surface area contributed by atoms with Crippen LogP contribution in [0.5, 0.6) is 0 Å². The number of carboxylic acids is 1.